The highest BCUT2D eigenvalue weighted by molar-refractivity contribution is 8.24. The van der Waals surface area contributed by atoms with Gasteiger partial charge in [-0.05, 0) is 66.2 Å². The predicted molar refractivity (Wildman–Crippen MR) is 143 cm³/mol. The van der Waals surface area contributed by atoms with Crippen LogP contribution in [-0.4, -0.2) is 47.7 Å². The van der Waals surface area contributed by atoms with E-state index in [2.05, 4.69) is 54.5 Å². The van der Waals surface area contributed by atoms with Crippen LogP contribution in [0.5, 0.6) is 0 Å². The standard InChI is InChI=1S/C13H13N5O.C11H9FN4OS/c1-2-8-3-4-10-9(5-8)6-11(16-10)12(19)17-13-14-7-15-18-13;12-7-1-2-8-6(3-7)4-9(15-8)10(17)16-11(14)18-5-13/h3-7,16H,2H2,1H3,(H2,14,15,17,18,19);1-5,13,15H,(H2,14,16,17). The van der Waals surface area contributed by atoms with Gasteiger partial charge in [-0.3, -0.25) is 14.9 Å². The number of carbonyl (C=O) groups is 2. The molecule has 5 aromatic rings. The Morgan fingerprint density at radius 1 is 1.11 bits per heavy atom. The lowest BCUT2D eigenvalue weighted by Gasteiger charge is -1.97. The zero-order valence-electron chi connectivity index (χ0n) is 19.5. The van der Waals surface area contributed by atoms with Crippen molar-refractivity contribution in [3.8, 4) is 0 Å². The van der Waals surface area contributed by atoms with E-state index in [0.29, 0.717) is 22.5 Å². The smallest absolute Gasteiger partial charge is 0.295 e. The van der Waals surface area contributed by atoms with Crippen molar-refractivity contribution in [1.29, 1.82) is 5.41 Å². The fourth-order valence-corrected chi connectivity index (χ4v) is 3.69. The predicted octanol–water partition coefficient (Wildman–Crippen LogP) is 4.20. The summed E-state index contributed by atoms with van der Waals surface area (Å²) in [6.07, 6.45) is 2.31. The normalized spacial score (nSPS) is 11.2. The molecule has 0 aliphatic heterocycles. The Morgan fingerprint density at radius 3 is 2.51 bits per heavy atom. The van der Waals surface area contributed by atoms with E-state index < -0.39 is 5.91 Å². The minimum absolute atomic E-state index is 0.0140. The minimum atomic E-state index is -0.557. The van der Waals surface area contributed by atoms with Crippen LogP contribution in [0.15, 0.2) is 59.9 Å². The van der Waals surface area contributed by atoms with E-state index in [-0.39, 0.29) is 22.6 Å². The van der Waals surface area contributed by atoms with E-state index >= 15 is 0 Å². The summed E-state index contributed by atoms with van der Waals surface area (Å²) in [5, 5.41) is 17.3. The van der Waals surface area contributed by atoms with Gasteiger partial charge in [0, 0.05) is 21.8 Å². The number of nitrogens with zero attached hydrogens (tertiary/aromatic N) is 3. The number of H-pyrrole nitrogens is 3. The van der Waals surface area contributed by atoms with E-state index in [9.17, 15) is 14.0 Å². The van der Waals surface area contributed by atoms with Gasteiger partial charge in [-0.1, -0.05) is 13.0 Å². The van der Waals surface area contributed by atoms with Crippen molar-refractivity contribution in [2.75, 3.05) is 5.32 Å². The number of benzene rings is 2. The lowest BCUT2D eigenvalue weighted by molar-refractivity contribution is 0.0996. The van der Waals surface area contributed by atoms with Gasteiger partial charge in [0.15, 0.2) is 5.17 Å². The zero-order valence-corrected chi connectivity index (χ0v) is 20.3. The minimum Gasteiger partial charge on any atom is -0.378 e. The number of nitrogens with one attached hydrogen (secondary N) is 5. The van der Waals surface area contributed by atoms with E-state index in [1.54, 1.807) is 6.07 Å². The first-order valence-corrected chi connectivity index (χ1v) is 11.8. The Morgan fingerprint density at radius 2 is 1.81 bits per heavy atom. The van der Waals surface area contributed by atoms with Crippen molar-refractivity contribution in [3.63, 3.8) is 0 Å². The number of aromatic amines is 3. The van der Waals surface area contributed by atoms with Gasteiger partial charge in [0.05, 0.1) is 5.55 Å². The number of fused-ring (bicyclic) bond motifs is 2. The second kappa shape index (κ2) is 11.3. The highest BCUT2D eigenvalue weighted by Gasteiger charge is 2.11. The molecule has 0 saturated heterocycles. The molecule has 0 saturated carbocycles. The zero-order chi connectivity index (χ0) is 26.4. The second-order valence-corrected chi connectivity index (χ2v) is 8.54. The number of thioether (sulfide) groups is 1. The Balaban J connectivity index is 0.000000173. The van der Waals surface area contributed by atoms with Gasteiger partial charge in [0.2, 0.25) is 5.95 Å². The molecule has 7 N–H and O–H groups in total. The number of amidine groups is 1. The van der Waals surface area contributed by atoms with E-state index in [0.717, 1.165) is 34.6 Å². The number of hydrogen-bond acceptors (Lipinski definition) is 6. The summed E-state index contributed by atoms with van der Waals surface area (Å²) in [6.45, 7) is 2.10. The molecule has 3 aromatic heterocycles. The average molecular weight is 520 g/mol. The van der Waals surface area contributed by atoms with Crippen LogP contribution in [0.25, 0.3) is 21.8 Å². The number of aryl methyl sites for hydroxylation is 1. The van der Waals surface area contributed by atoms with Crippen LogP contribution in [0.2, 0.25) is 0 Å². The highest BCUT2D eigenvalue weighted by atomic mass is 32.2. The molecular formula is C24H22FN9O2S. The Labute approximate surface area is 213 Å². The molecule has 0 bridgehead atoms. The number of aromatic nitrogens is 5. The van der Waals surface area contributed by atoms with Gasteiger partial charge in [-0.15, -0.1) is 0 Å². The summed E-state index contributed by atoms with van der Waals surface area (Å²) in [6, 6.07) is 13.6. The molecule has 13 heteroatoms. The van der Waals surface area contributed by atoms with Gasteiger partial charge < -0.3 is 21.1 Å². The van der Waals surface area contributed by atoms with Crippen molar-refractivity contribution < 1.29 is 14.0 Å². The summed E-state index contributed by atoms with van der Waals surface area (Å²) < 4.78 is 13.0. The summed E-state index contributed by atoms with van der Waals surface area (Å²) in [5.74, 6) is -0.842. The van der Waals surface area contributed by atoms with Crippen LogP contribution in [0, 0.1) is 11.2 Å². The molecule has 0 fully saturated rings. The fraction of sp³-hybridized carbons (Fsp3) is 0.0833. The maximum absolute atomic E-state index is 13.0. The first kappa shape index (κ1) is 25.3. The van der Waals surface area contributed by atoms with E-state index in [1.807, 2.05) is 12.1 Å². The Kier molecular flexibility index (Phi) is 7.74. The molecule has 2 aromatic carbocycles. The Hall–Kier alpha value is -4.78. The Bertz CT molecular complexity index is 1610. The molecule has 5 rings (SSSR count). The average Bonchev–Trinajstić information content (AvgIpc) is 3.63. The van der Waals surface area contributed by atoms with Crippen molar-refractivity contribution in [1.82, 2.24) is 25.1 Å². The number of halogens is 1. The molecule has 0 aliphatic carbocycles. The molecule has 0 spiro atoms. The number of rotatable bonds is 5. The SMILES string of the molecule is CCc1ccc2[nH]c(C(=O)Nc3ncn[nH]3)cc2c1.N=CSC(N)=NC(=O)c1cc2cc(F)ccc2[nH]1. The summed E-state index contributed by atoms with van der Waals surface area (Å²) in [5.41, 5.74) is 9.95. The van der Waals surface area contributed by atoms with Crippen LogP contribution in [-0.2, 0) is 6.42 Å². The molecule has 0 aliphatic rings. The van der Waals surface area contributed by atoms with Gasteiger partial charge in [-0.25, -0.2) is 9.49 Å². The lowest BCUT2D eigenvalue weighted by atomic mass is 10.1. The van der Waals surface area contributed by atoms with Crippen LogP contribution in [0.1, 0.15) is 33.5 Å². The third kappa shape index (κ3) is 6.27. The fourth-order valence-electron chi connectivity index (χ4n) is 3.43. The maximum Gasteiger partial charge on any atom is 0.295 e. The van der Waals surface area contributed by atoms with Gasteiger partial charge in [0.1, 0.15) is 23.5 Å². The number of aliphatic imine (C=N–C) groups is 1. The lowest BCUT2D eigenvalue weighted by Crippen LogP contribution is -2.13. The van der Waals surface area contributed by atoms with Gasteiger partial charge in [0.25, 0.3) is 11.8 Å². The first-order chi connectivity index (χ1) is 17.9. The van der Waals surface area contributed by atoms with Crippen LogP contribution in [0.3, 0.4) is 0 Å². The van der Waals surface area contributed by atoms with E-state index in [1.165, 1.54) is 30.1 Å². The number of carbonyl (C=O) groups excluding carboxylic acids is 2. The monoisotopic (exact) mass is 519 g/mol. The summed E-state index contributed by atoms with van der Waals surface area (Å²) in [7, 11) is 0. The number of nitrogens with two attached hydrogens (primary N) is 1. The van der Waals surface area contributed by atoms with E-state index in [4.69, 9.17) is 11.1 Å². The molecule has 0 unspecified atom stereocenters. The molecular weight excluding hydrogens is 497 g/mol. The maximum atomic E-state index is 13.0. The molecule has 3 heterocycles. The van der Waals surface area contributed by atoms with Crippen LogP contribution < -0.4 is 11.1 Å². The second-order valence-electron chi connectivity index (χ2n) is 7.65. The summed E-state index contributed by atoms with van der Waals surface area (Å²) in [4.78, 5) is 37.1. The third-order valence-electron chi connectivity index (χ3n) is 5.19. The number of anilines is 1. The molecule has 11 nitrogen and oxygen atoms in total. The molecule has 2 amide bonds. The molecule has 188 valence electrons. The topological polar surface area (TPSA) is 182 Å². The molecule has 0 atom stereocenters. The third-order valence-corrected chi connectivity index (χ3v) is 5.64. The summed E-state index contributed by atoms with van der Waals surface area (Å²) >= 11 is 0.838. The molecule has 0 radical (unpaired) electrons. The van der Waals surface area contributed by atoms with Gasteiger partial charge >= 0.3 is 0 Å². The van der Waals surface area contributed by atoms with Crippen molar-refractivity contribution in [2.24, 2.45) is 10.7 Å². The van der Waals surface area contributed by atoms with Crippen LogP contribution >= 0.6 is 11.8 Å². The molecule has 37 heavy (non-hydrogen) atoms. The van der Waals surface area contributed by atoms with Gasteiger partial charge in [-0.2, -0.15) is 15.1 Å². The quantitative estimate of drug-likeness (QED) is 0.149. The number of hydrogen-bond donors (Lipinski definition) is 6. The van der Waals surface area contributed by atoms with Crippen molar-refractivity contribution >= 4 is 62.0 Å². The van der Waals surface area contributed by atoms with Crippen molar-refractivity contribution in [3.05, 3.63) is 77.6 Å². The van der Waals surface area contributed by atoms with Crippen LogP contribution in [0.4, 0.5) is 10.3 Å². The highest BCUT2D eigenvalue weighted by Crippen LogP contribution is 2.19. The van der Waals surface area contributed by atoms with Crippen molar-refractivity contribution in [2.45, 2.75) is 13.3 Å². The first-order valence-electron chi connectivity index (χ1n) is 11.0. The number of amides is 2. The largest absolute Gasteiger partial charge is 0.378 e.